The van der Waals surface area contributed by atoms with Gasteiger partial charge in [-0.2, -0.15) is 0 Å². The number of halogens is 1. The highest BCUT2D eigenvalue weighted by Crippen LogP contribution is 2.19. The fraction of sp³-hybridized carbons (Fsp3) is 0.235. The van der Waals surface area contributed by atoms with Gasteiger partial charge in [0.25, 0.3) is 5.91 Å². The molecule has 1 amide bonds. The molecule has 0 bridgehead atoms. The molecule has 3 nitrogen and oxygen atoms in total. The van der Waals surface area contributed by atoms with Gasteiger partial charge in [-0.15, -0.1) is 0 Å². The maximum Gasteiger partial charge on any atom is 0.251 e. The predicted octanol–water partition coefficient (Wildman–Crippen LogP) is 3.20. The number of amides is 1. The molecular formula is C17H18FNO2. The Morgan fingerprint density at radius 1 is 1.24 bits per heavy atom. The van der Waals surface area contributed by atoms with Crippen molar-refractivity contribution in [1.29, 1.82) is 0 Å². The molecule has 21 heavy (non-hydrogen) atoms. The lowest BCUT2D eigenvalue weighted by molar-refractivity contribution is 0.0939. The molecular weight excluding hydrogens is 269 g/mol. The third-order valence-corrected chi connectivity index (χ3v) is 3.38. The van der Waals surface area contributed by atoms with Crippen molar-refractivity contribution in [1.82, 2.24) is 5.32 Å². The molecule has 2 rings (SSSR count). The van der Waals surface area contributed by atoms with Gasteiger partial charge in [0.2, 0.25) is 0 Å². The van der Waals surface area contributed by atoms with Gasteiger partial charge in [0.05, 0.1) is 0 Å². The molecule has 1 unspecified atom stereocenters. The number of phenols is 1. The van der Waals surface area contributed by atoms with Gasteiger partial charge in [-0.05, 0) is 50.1 Å². The minimum Gasteiger partial charge on any atom is -0.508 e. The Hall–Kier alpha value is -2.36. The van der Waals surface area contributed by atoms with E-state index >= 15 is 0 Å². The predicted molar refractivity (Wildman–Crippen MR) is 79.9 cm³/mol. The van der Waals surface area contributed by atoms with Crippen LogP contribution in [-0.4, -0.2) is 17.1 Å². The number of aromatic hydroxyl groups is 1. The van der Waals surface area contributed by atoms with E-state index in [4.69, 9.17) is 0 Å². The number of carbonyl (C=O) groups excluding carboxylic acids is 1. The van der Waals surface area contributed by atoms with Crippen LogP contribution in [0.4, 0.5) is 4.39 Å². The summed E-state index contributed by atoms with van der Waals surface area (Å²) in [4.78, 5) is 12.2. The van der Waals surface area contributed by atoms with Crippen LogP contribution in [-0.2, 0) is 6.42 Å². The molecule has 0 spiro atoms. The summed E-state index contributed by atoms with van der Waals surface area (Å²) in [6.45, 7) is 3.59. The van der Waals surface area contributed by atoms with Crippen LogP contribution in [0.2, 0.25) is 0 Å². The van der Waals surface area contributed by atoms with Gasteiger partial charge in [-0.3, -0.25) is 4.79 Å². The Bertz CT molecular complexity index is 638. The van der Waals surface area contributed by atoms with Crippen LogP contribution >= 0.6 is 0 Å². The Balaban J connectivity index is 2.02. The quantitative estimate of drug-likeness (QED) is 0.907. The minimum atomic E-state index is -0.272. The zero-order chi connectivity index (χ0) is 15.4. The average molecular weight is 287 g/mol. The first kappa shape index (κ1) is 15.0. The maximum absolute atomic E-state index is 12.8. The third kappa shape index (κ3) is 3.81. The van der Waals surface area contributed by atoms with E-state index in [1.54, 1.807) is 37.3 Å². The summed E-state index contributed by atoms with van der Waals surface area (Å²) in [6.07, 6.45) is 0.615. The smallest absolute Gasteiger partial charge is 0.251 e. The number of carbonyl (C=O) groups is 1. The van der Waals surface area contributed by atoms with E-state index < -0.39 is 0 Å². The first-order valence-corrected chi connectivity index (χ1v) is 6.81. The van der Waals surface area contributed by atoms with Gasteiger partial charge in [-0.25, -0.2) is 4.39 Å². The van der Waals surface area contributed by atoms with Gasteiger partial charge < -0.3 is 10.4 Å². The highest BCUT2D eigenvalue weighted by Gasteiger charge is 2.14. The number of hydrogen-bond acceptors (Lipinski definition) is 2. The van der Waals surface area contributed by atoms with Crippen molar-refractivity contribution in [2.75, 3.05) is 0 Å². The fourth-order valence-electron chi connectivity index (χ4n) is 2.20. The lowest BCUT2D eigenvalue weighted by Gasteiger charge is -2.15. The molecule has 0 saturated heterocycles. The molecule has 4 heteroatoms. The third-order valence-electron chi connectivity index (χ3n) is 3.38. The summed E-state index contributed by atoms with van der Waals surface area (Å²) in [5, 5.41) is 12.5. The Kier molecular flexibility index (Phi) is 4.58. The SMILES string of the molecule is Cc1c(O)cccc1C(=O)NC(C)Cc1ccc(F)cc1. The topological polar surface area (TPSA) is 49.3 Å². The zero-order valence-electron chi connectivity index (χ0n) is 12.1. The van der Waals surface area contributed by atoms with E-state index in [9.17, 15) is 14.3 Å². The summed E-state index contributed by atoms with van der Waals surface area (Å²) in [5.41, 5.74) is 1.97. The lowest BCUT2D eigenvalue weighted by atomic mass is 10.0. The van der Waals surface area contributed by atoms with Crippen molar-refractivity contribution in [2.45, 2.75) is 26.3 Å². The highest BCUT2D eigenvalue weighted by atomic mass is 19.1. The van der Waals surface area contributed by atoms with E-state index in [0.717, 1.165) is 5.56 Å². The lowest BCUT2D eigenvalue weighted by Crippen LogP contribution is -2.34. The van der Waals surface area contributed by atoms with Gasteiger partial charge in [-0.1, -0.05) is 18.2 Å². The molecule has 0 aliphatic rings. The summed E-state index contributed by atoms with van der Waals surface area (Å²) in [5.74, 6) is -0.391. The average Bonchev–Trinajstić information content (AvgIpc) is 2.44. The summed E-state index contributed by atoms with van der Waals surface area (Å²) in [7, 11) is 0. The summed E-state index contributed by atoms with van der Waals surface area (Å²) in [6, 6.07) is 11.0. The number of rotatable bonds is 4. The maximum atomic E-state index is 12.8. The number of nitrogens with one attached hydrogen (secondary N) is 1. The molecule has 0 saturated carbocycles. The Labute approximate surface area is 123 Å². The van der Waals surface area contributed by atoms with Crippen LogP contribution in [0, 0.1) is 12.7 Å². The van der Waals surface area contributed by atoms with Crippen molar-refractivity contribution >= 4 is 5.91 Å². The second kappa shape index (κ2) is 6.39. The molecule has 0 radical (unpaired) electrons. The first-order valence-electron chi connectivity index (χ1n) is 6.81. The fourth-order valence-corrected chi connectivity index (χ4v) is 2.20. The Morgan fingerprint density at radius 2 is 1.90 bits per heavy atom. The van der Waals surface area contributed by atoms with E-state index in [1.807, 2.05) is 6.92 Å². The molecule has 2 aromatic rings. The molecule has 0 heterocycles. The van der Waals surface area contributed by atoms with Gasteiger partial charge in [0.15, 0.2) is 0 Å². The molecule has 0 aliphatic carbocycles. The normalized spacial score (nSPS) is 12.0. The van der Waals surface area contributed by atoms with Crippen molar-refractivity contribution in [2.24, 2.45) is 0 Å². The van der Waals surface area contributed by atoms with Crippen LogP contribution in [0.25, 0.3) is 0 Å². The Morgan fingerprint density at radius 3 is 2.57 bits per heavy atom. The van der Waals surface area contributed by atoms with Crippen molar-refractivity contribution in [3.63, 3.8) is 0 Å². The molecule has 2 aromatic carbocycles. The zero-order valence-corrected chi connectivity index (χ0v) is 12.1. The minimum absolute atomic E-state index is 0.0929. The van der Waals surface area contributed by atoms with Crippen molar-refractivity contribution in [3.8, 4) is 5.75 Å². The van der Waals surface area contributed by atoms with Crippen molar-refractivity contribution in [3.05, 3.63) is 65.0 Å². The van der Waals surface area contributed by atoms with Crippen LogP contribution in [0.15, 0.2) is 42.5 Å². The molecule has 0 aromatic heterocycles. The van der Waals surface area contributed by atoms with Gasteiger partial charge >= 0.3 is 0 Å². The summed E-state index contributed by atoms with van der Waals surface area (Å²) >= 11 is 0. The van der Waals surface area contributed by atoms with Gasteiger partial charge in [0.1, 0.15) is 11.6 Å². The van der Waals surface area contributed by atoms with Crippen LogP contribution in [0.1, 0.15) is 28.4 Å². The van der Waals surface area contributed by atoms with Gasteiger partial charge in [0, 0.05) is 17.2 Å². The number of benzene rings is 2. The van der Waals surface area contributed by atoms with E-state index in [1.165, 1.54) is 12.1 Å². The molecule has 0 aliphatic heterocycles. The van der Waals surface area contributed by atoms with Crippen LogP contribution < -0.4 is 5.32 Å². The number of phenolic OH excluding ortho intramolecular Hbond substituents is 1. The molecule has 2 N–H and O–H groups in total. The molecule has 110 valence electrons. The van der Waals surface area contributed by atoms with Crippen molar-refractivity contribution < 1.29 is 14.3 Å². The van der Waals surface area contributed by atoms with E-state index in [2.05, 4.69) is 5.32 Å². The van der Waals surface area contributed by atoms with E-state index in [0.29, 0.717) is 17.5 Å². The second-order valence-electron chi connectivity index (χ2n) is 5.15. The van der Waals surface area contributed by atoms with Crippen LogP contribution in [0.5, 0.6) is 5.75 Å². The van der Waals surface area contributed by atoms with E-state index in [-0.39, 0.29) is 23.5 Å². The van der Waals surface area contributed by atoms with Crippen LogP contribution in [0.3, 0.4) is 0 Å². The number of hydrogen-bond donors (Lipinski definition) is 2. The monoisotopic (exact) mass is 287 g/mol. The molecule has 1 atom stereocenters. The highest BCUT2D eigenvalue weighted by molar-refractivity contribution is 5.96. The second-order valence-corrected chi connectivity index (χ2v) is 5.15. The standard InChI is InChI=1S/C17H18FNO2/c1-11(10-13-6-8-14(18)9-7-13)19-17(21)15-4-3-5-16(20)12(15)2/h3-9,11,20H,10H2,1-2H3,(H,19,21). The first-order chi connectivity index (χ1) is 9.97. The molecule has 0 fully saturated rings. The summed E-state index contributed by atoms with van der Waals surface area (Å²) < 4.78 is 12.8. The largest absolute Gasteiger partial charge is 0.508 e.